The standard InChI is InChI=1S/C22H19F3N4OS/c1-13-16-12-19(31-21(16)29(27-13)14-7-5-4-6-8-14)20(30)26-18-10-9-15(28(2)3)11-17(18)22(23,24)25/h4-12H,1-3H3,(H,26,30). The lowest BCUT2D eigenvalue weighted by molar-refractivity contribution is -0.136. The van der Waals surface area contributed by atoms with Gasteiger partial charge in [-0.25, -0.2) is 4.68 Å². The second-order valence-electron chi connectivity index (χ2n) is 7.24. The van der Waals surface area contributed by atoms with E-state index in [4.69, 9.17) is 0 Å². The topological polar surface area (TPSA) is 50.2 Å². The first-order valence-electron chi connectivity index (χ1n) is 9.39. The van der Waals surface area contributed by atoms with Gasteiger partial charge in [-0.2, -0.15) is 18.3 Å². The molecule has 0 spiro atoms. The van der Waals surface area contributed by atoms with Crippen molar-refractivity contribution < 1.29 is 18.0 Å². The summed E-state index contributed by atoms with van der Waals surface area (Å²) in [5.74, 6) is -0.594. The Balaban J connectivity index is 1.70. The number of alkyl halides is 3. The van der Waals surface area contributed by atoms with Crippen LogP contribution >= 0.6 is 11.3 Å². The number of fused-ring (bicyclic) bond motifs is 1. The molecule has 0 saturated heterocycles. The first-order valence-corrected chi connectivity index (χ1v) is 10.2. The summed E-state index contributed by atoms with van der Waals surface area (Å²) in [6.07, 6.45) is -4.60. The number of halogens is 3. The summed E-state index contributed by atoms with van der Waals surface area (Å²) < 4.78 is 42.5. The Morgan fingerprint density at radius 3 is 2.45 bits per heavy atom. The maximum absolute atomic E-state index is 13.6. The van der Waals surface area contributed by atoms with Crippen molar-refractivity contribution in [3.63, 3.8) is 0 Å². The molecule has 2 aromatic heterocycles. The van der Waals surface area contributed by atoms with E-state index in [2.05, 4.69) is 10.4 Å². The van der Waals surface area contributed by atoms with Crippen LogP contribution in [0.15, 0.2) is 54.6 Å². The summed E-state index contributed by atoms with van der Waals surface area (Å²) in [5, 5.41) is 7.74. The van der Waals surface area contributed by atoms with Crippen molar-refractivity contribution in [2.75, 3.05) is 24.3 Å². The van der Waals surface area contributed by atoms with E-state index < -0.39 is 17.6 Å². The van der Waals surface area contributed by atoms with Crippen LogP contribution in [-0.4, -0.2) is 29.8 Å². The second kappa shape index (κ2) is 7.73. The van der Waals surface area contributed by atoms with Gasteiger partial charge < -0.3 is 10.2 Å². The maximum atomic E-state index is 13.6. The number of para-hydroxylation sites is 1. The van der Waals surface area contributed by atoms with Crippen LogP contribution in [0.3, 0.4) is 0 Å². The zero-order chi connectivity index (χ0) is 22.3. The molecule has 31 heavy (non-hydrogen) atoms. The molecule has 0 saturated carbocycles. The van der Waals surface area contributed by atoms with Gasteiger partial charge in [0.05, 0.1) is 27.5 Å². The largest absolute Gasteiger partial charge is 0.418 e. The maximum Gasteiger partial charge on any atom is 0.418 e. The molecule has 0 aliphatic heterocycles. The zero-order valence-electron chi connectivity index (χ0n) is 17.0. The second-order valence-corrected chi connectivity index (χ2v) is 8.27. The van der Waals surface area contributed by atoms with Gasteiger partial charge in [-0.1, -0.05) is 18.2 Å². The molecular weight excluding hydrogens is 425 g/mol. The van der Waals surface area contributed by atoms with Crippen LogP contribution < -0.4 is 10.2 Å². The number of carbonyl (C=O) groups excluding carboxylic acids is 1. The summed E-state index contributed by atoms with van der Waals surface area (Å²) in [4.78, 5) is 15.5. The average Bonchev–Trinajstić information content (AvgIpc) is 3.29. The molecule has 0 aliphatic carbocycles. The van der Waals surface area contributed by atoms with Gasteiger partial charge in [0.2, 0.25) is 0 Å². The van der Waals surface area contributed by atoms with E-state index in [0.29, 0.717) is 10.6 Å². The molecule has 1 amide bonds. The lowest BCUT2D eigenvalue weighted by Gasteiger charge is -2.18. The van der Waals surface area contributed by atoms with Crippen molar-refractivity contribution in [2.24, 2.45) is 0 Å². The number of nitrogens with one attached hydrogen (secondary N) is 1. The molecular formula is C22H19F3N4OS. The zero-order valence-corrected chi connectivity index (χ0v) is 17.8. The monoisotopic (exact) mass is 444 g/mol. The van der Waals surface area contributed by atoms with Crippen LogP contribution in [0.2, 0.25) is 0 Å². The number of anilines is 2. The van der Waals surface area contributed by atoms with E-state index in [0.717, 1.165) is 27.7 Å². The molecule has 0 atom stereocenters. The van der Waals surface area contributed by atoms with Crippen molar-refractivity contribution in [1.29, 1.82) is 0 Å². The first-order chi connectivity index (χ1) is 14.6. The number of benzene rings is 2. The Hall–Kier alpha value is -3.33. The summed E-state index contributed by atoms with van der Waals surface area (Å²) in [6.45, 7) is 1.83. The molecule has 4 rings (SSSR count). The van der Waals surface area contributed by atoms with Crippen molar-refractivity contribution in [2.45, 2.75) is 13.1 Å². The molecule has 5 nitrogen and oxygen atoms in total. The van der Waals surface area contributed by atoms with E-state index in [1.165, 1.54) is 23.5 Å². The van der Waals surface area contributed by atoms with Crippen molar-refractivity contribution in [3.05, 3.63) is 70.7 Å². The molecule has 160 valence electrons. The van der Waals surface area contributed by atoms with Gasteiger partial charge in [-0.3, -0.25) is 4.79 Å². The fraction of sp³-hybridized carbons (Fsp3) is 0.182. The number of hydrogen-bond acceptors (Lipinski definition) is 4. The fourth-order valence-electron chi connectivity index (χ4n) is 3.24. The molecule has 0 aliphatic rings. The van der Waals surface area contributed by atoms with Crippen LogP contribution in [-0.2, 0) is 6.18 Å². The quantitative estimate of drug-likeness (QED) is 0.437. The minimum atomic E-state index is -4.60. The number of rotatable bonds is 4. The summed E-state index contributed by atoms with van der Waals surface area (Å²) in [7, 11) is 3.31. The van der Waals surface area contributed by atoms with Gasteiger partial charge in [0.25, 0.3) is 5.91 Å². The highest BCUT2D eigenvalue weighted by molar-refractivity contribution is 7.20. The average molecular weight is 444 g/mol. The van der Waals surface area contributed by atoms with Crippen LogP contribution in [0, 0.1) is 6.92 Å². The summed E-state index contributed by atoms with van der Waals surface area (Å²) in [6, 6.07) is 15.0. The highest BCUT2D eigenvalue weighted by Gasteiger charge is 2.34. The molecule has 1 N–H and O–H groups in total. The van der Waals surface area contributed by atoms with E-state index in [9.17, 15) is 18.0 Å². The number of amides is 1. The van der Waals surface area contributed by atoms with Gasteiger partial charge in [-0.15, -0.1) is 11.3 Å². The normalized spacial score (nSPS) is 11.7. The Morgan fingerprint density at radius 1 is 1.10 bits per heavy atom. The van der Waals surface area contributed by atoms with Crippen molar-refractivity contribution >= 4 is 38.8 Å². The van der Waals surface area contributed by atoms with Gasteiger partial charge in [0.15, 0.2) is 0 Å². The Morgan fingerprint density at radius 2 is 1.81 bits per heavy atom. The summed E-state index contributed by atoms with van der Waals surface area (Å²) in [5.41, 5.74) is 0.807. The predicted molar refractivity (Wildman–Crippen MR) is 117 cm³/mol. The number of aryl methyl sites for hydroxylation is 1. The Kier molecular flexibility index (Phi) is 5.22. The molecule has 4 aromatic rings. The third kappa shape index (κ3) is 4.00. The molecule has 0 fully saturated rings. The van der Waals surface area contributed by atoms with E-state index in [-0.39, 0.29) is 5.69 Å². The number of aromatic nitrogens is 2. The van der Waals surface area contributed by atoms with Crippen LogP contribution in [0.4, 0.5) is 24.5 Å². The molecule has 2 heterocycles. The van der Waals surface area contributed by atoms with Crippen LogP contribution in [0.1, 0.15) is 20.9 Å². The fourth-order valence-corrected chi connectivity index (χ4v) is 4.32. The molecule has 0 unspecified atom stereocenters. The lowest BCUT2D eigenvalue weighted by Crippen LogP contribution is -2.17. The number of hydrogen-bond donors (Lipinski definition) is 1. The van der Waals surface area contributed by atoms with E-state index >= 15 is 0 Å². The number of nitrogens with zero attached hydrogens (tertiary/aromatic N) is 3. The lowest BCUT2D eigenvalue weighted by atomic mass is 10.1. The van der Waals surface area contributed by atoms with Gasteiger partial charge in [-0.05, 0) is 43.3 Å². The number of carbonyl (C=O) groups is 1. The number of thiophene rings is 1. The third-order valence-electron chi connectivity index (χ3n) is 4.84. The Labute approximate surface area is 180 Å². The van der Waals surface area contributed by atoms with Gasteiger partial charge in [0.1, 0.15) is 4.83 Å². The first kappa shape index (κ1) is 20.9. The van der Waals surface area contributed by atoms with Gasteiger partial charge >= 0.3 is 6.18 Å². The molecule has 2 aromatic carbocycles. The molecule has 9 heteroatoms. The van der Waals surface area contributed by atoms with Crippen LogP contribution in [0.5, 0.6) is 0 Å². The minimum Gasteiger partial charge on any atom is -0.378 e. The van der Waals surface area contributed by atoms with Crippen molar-refractivity contribution in [3.8, 4) is 5.69 Å². The predicted octanol–water partition coefficient (Wildman–Crippen LogP) is 5.73. The summed E-state index contributed by atoms with van der Waals surface area (Å²) >= 11 is 1.19. The van der Waals surface area contributed by atoms with E-state index in [1.807, 2.05) is 37.3 Å². The smallest absolute Gasteiger partial charge is 0.378 e. The van der Waals surface area contributed by atoms with Gasteiger partial charge in [0, 0.05) is 25.2 Å². The van der Waals surface area contributed by atoms with Crippen molar-refractivity contribution in [1.82, 2.24) is 9.78 Å². The van der Waals surface area contributed by atoms with E-state index in [1.54, 1.807) is 29.7 Å². The SMILES string of the molecule is Cc1nn(-c2ccccc2)c2sc(C(=O)Nc3ccc(N(C)C)cc3C(F)(F)F)cc12. The molecule has 0 radical (unpaired) electrons. The third-order valence-corrected chi connectivity index (χ3v) is 5.95. The molecule has 0 bridgehead atoms. The highest BCUT2D eigenvalue weighted by Crippen LogP contribution is 2.38. The Bertz CT molecular complexity index is 1260. The minimum absolute atomic E-state index is 0.276. The highest BCUT2D eigenvalue weighted by atomic mass is 32.1. The van der Waals surface area contributed by atoms with Crippen LogP contribution in [0.25, 0.3) is 15.9 Å².